The van der Waals surface area contributed by atoms with Crippen molar-refractivity contribution in [3.05, 3.63) is 53.1 Å². The molecule has 0 amide bonds. The van der Waals surface area contributed by atoms with Crippen molar-refractivity contribution in [2.75, 3.05) is 6.61 Å². The molecule has 0 aliphatic heterocycles. The fraction of sp³-hybridized carbons (Fsp3) is 0.348. The lowest BCUT2D eigenvalue weighted by molar-refractivity contribution is 0.133. The standard InChI is InChI=1S/C23H25N5O/c1-3-29-13-16-11-24-12-18(14(16)2)15-8-9-19-17(10-15)22(28-27-19)23-25-20-6-4-5-7-21(20)26-23/h8-12H,3-7,13H2,1-2H3,(H,25,26)(H,27,28). The van der Waals surface area contributed by atoms with Crippen LogP contribution < -0.4 is 0 Å². The second kappa shape index (κ2) is 7.44. The maximum atomic E-state index is 5.60. The Kier molecular flexibility index (Phi) is 4.64. The highest BCUT2D eigenvalue weighted by molar-refractivity contribution is 5.94. The largest absolute Gasteiger partial charge is 0.377 e. The van der Waals surface area contributed by atoms with E-state index in [2.05, 4.69) is 45.3 Å². The third kappa shape index (κ3) is 3.23. The normalized spacial score (nSPS) is 13.7. The molecule has 1 aliphatic rings. The number of pyridine rings is 1. The zero-order valence-electron chi connectivity index (χ0n) is 16.9. The summed E-state index contributed by atoms with van der Waals surface area (Å²) in [5.74, 6) is 0.861. The first-order valence-electron chi connectivity index (χ1n) is 10.3. The van der Waals surface area contributed by atoms with E-state index in [-0.39, 0.29) is 0 Å². The highest BCUT2D eigenvalue weighted by atomic mass is 16.5. The second-order valence-electron chi connectivity index (χ2n) is 7.66. The zero-order valence-corrected chi connectivity index (χ0v) is 16.9. The predicted molar refractivity (Wildman–Crippen MR) is 114 cm³/mol. The molecule has 6 nitrogen and oxygen atoms in total. The van der Waals surface area contributed by atoms with Crippen LogP contribution in [0.25, 0.3) is 33.5 Å². The highest BCUT2D eigenvalue weighted by Crippen LogP contribution is 2.32. The van der Waals surface area contributed by atoms with Crippen molar-refractivity contribution in [2.45, 2.75) is 46.1 Å². The molecule has 1 aromatic carbocycles. The van der Waals surface area contributed by atoms with Crippen LogP contribution >= 0.6 is 0 Å². The second-order valence-corrected chi connectivity index (χ2v) is 7.66. The lowest BCUT2D eigenvalue weighted by Crippen LogP contribution is -2.00. The van der Waals surface area contributed by atoms with E-state index in [1.54, 1.807) is 0 Å². The molecule has 6 heteroatoms. The van der Waals surface area contributed by atoms with E-state index >= 15 is 0 Å². The molecule has 4 aromatic rings. The monoisotopic (exact) mass is 387 g/mol. The smallest absolute Gasteiger partial charge is 0.159 e. The van der Waals surface area contributed by atoms with Crippen LogP contribution in [-0.2, 0) is 24.2 Å². The van der Waals surface area contributed by atoms with Crippen molar-refractivity contribution < 1.29 is 4.74 Å². The van der Waals surface area contributed by atoms with Crippen LogP contribution in [0.15, 0.2) is 30.6 Å². The molecule has 0 radical (unpaired) electrons. The molecule has 0 spiro atoms. The average Bonchev–Trinajstić information content (AvgIpc) is 3.36. The summed E-state index contributed by atoms with van der Waals surface area (Å²) >= 11 is 0. The maximum absolute atomic E-state index is 5.60. The first-order valence-corrected chi connectivity index (χ1v) is 10.3. The Balaban J connectivity index is 1.58. The van der Waals surface area contributed by atoms with Gasteiger partial charge in [-0.15, -0.1) is 0 Å². The number of benzene rings is 1. The first kappa shape index (κ1) is 18.1. The van der Waals surface area contributed by atoms with Gasteiger partial charge in [0.25, 0.3) is 0 Å². The predicted octanol–water partition coefficient (Wildman–Crippen LogP) is 4.74. The van der Waals surface area contributed by atoms with Gasteiger partial charge in [0.05, 0.1) is 17.8 Å². The van der Waals surface area contributed by atoms with E-state index in [1.807, 2.05) is 19.3 Å². The molecule has 148 valence electrons. The van der Waals surface area contributed by atoms with E-state index in [1.165, 1.54) is 29.8 Å². The molecule has 29 heavy (non-hydrogen) atoms. The van der Waals surface area contributed by atoms with Crippen molar-refractivity contribution in [1.82, 2.24) is 25.1 Å². The van der Waals surface area contributed by atoms with Crippen LogP contribution in [0.2, 0.25) is 0 Å². The summed E-state index contributed by atoms with van der Waals surface area (Å²) in [5.41, 5.74) is 8.92. The summed E-state index contributed by atoms with van der Waals surface area (Å²) in [6.07, 6.45) is 8.39. The summed E-state index contributed by atoms with van der Waals surface area (Å²) < 4.78 is 5.60. The molecule has 0 unspecified atom stereocenters. The number of aromatic nitrogens is 5. The van der Waals surface area contributed by atoms with Gasteiger partial charge in [0, 0.05) is 35.6 Å². The van der Waals surface area contributed by atoms with Gasteiger partial charge in [-0.2, -0.15) is 5.10 Å². The Labute approximate surface area is 169 Å². The van der Waals surface area contributed by atoms with Crippen LogP contribution in [0.5, 0.6) is 0 Å². The third-order valence-corrected chi connectivity index (χ3v) is 5.83. The molecule has 3 aromatic heterocycles. The SMILES string of the molecule is CCOCc1cncc(-c2ccc3[nH]nc(-c4nc5c([nH]4)CCCC5)c3c2)c1C. The Bertz CT molecular complexity index is 1150. The van der Waals surface area contributed by atoms with E-state index in [9.17, 15) is 0 Å². The van der Waals surface area contributed by atoms with E-state index in [0.29, 0.717) is 13.2 Å². The molecule has 0 saturated carbocycles. The Morgan fingerprint density at radius 1 is 1.14 bits per heavy atom. The Morgan fingerprint density at radius 2 is 2.03 bits per heavy atom. The highest BCUT2D eigenvalue weighted by Gasteiger charge is 2.19. The fourth-order valence-electron chi connectivity index (χ4n) is 4.14. The van der Waals surface area contributed by atoms with Crippen molar-refractivity contribution in [3.8, 4) is 22.6 Å². The van der Waals surface area contributed by atoms with Gasteiger partial charge in [-0.25, -0.2) is 4.98 Å². The molecule has 5 rings (SSSR count). The number of rotatable bonds is 5. The van der Waals surface area contributed by atoms with Crippen molar-refractivity contribution in [3.63, 3.8) is 0 Å². The topological polar surface area (TPSA) is 79.5 Å². The number of ether oxygens (including phenoxy) is 1. The number of hydrogen-bond acceptors (Lipinski definition) is 4. The van der Waals surface area contributed by atoms with Gasteiger partial charge in [-0.3, -0.25) is 10.1 Å². The molecule has 0 bridgehead atoms. The van der Waals surface area contributed by atoms with Crippen LogP contribution in [0.1, 0.15) is 42.3 Å². The lowest BCUT2D eigenvalue weighted by Gasteiger charge is -2.11. The van der Waals surface area contributed by atoms with Gasteiger partial charge in [0.15, 0.2) is 5.82 Å². The van der Waals surface area contributed by atoms with Crippen LogP contribution in [0, 0.1) is 6.92 Å². The van der Waals surface area contributed by atoms with E-state index in [4.69, 9.17) is 9.72 Å². The van der Waals surface area contributed by atoms with Gasteiger partial charge < -0.3 is 9.72 Å². The molecular formula is C23H25N5O. The first-order chi connectivity index (χ1) is 14.2. The molecule has 1 aliphatic carbocycles. The van der Waals surface area contributed by atoms with Gasteiger partial charge in [-0.1, -0.05) is 6.07 Å². The summed E-state index contributed by atoms with van der Waals surface area (Å²) in [4.78, 5) is 12.8. The maximum Gasteiger partial charge on any atom is 0.159 e. The van der Waals surface area contributed by atoms with Crippen LogP contribution in [0.4, 0.5) is 0 Å². The average molecular weight is 387 g/mol. The van der Waals surface area contributed by atoms with Gasteiger partial charge >= 0.3 is 0 Å². The van der Waals surface area contributed by atoms with Crippen LogP contribution in [-0.4, -0.2) is 31.8 Å². The minimum Gasteiger partial charge on any atom is -0.377 e. The van der Waals surface area contributed by atoms with Gasteiger partial charge in [-0.05, 0) is 68.4 Å². The quantitative estimate of drug-likeness (QED) is 0.518. The number of nitrogens with one attached hydrogen (secondary N) is 2. The number of aromatic amines is 2. The van der Waals surface area contributed by atoms with Gasteiger partial charge in [0.1, 0.15) is 5.69 Å². The summed E-state index contributed by atoms with van der Waals surface area (Å²) in [7, 11) is 0. The number of nitrogens with zero attached hydrogens (tertiary/aromatic N) is 3. The molecular weight excluding hydrogens is 362 g/mol. The number of imidazole rings is 1. The molecule has 0 saturated heterocycles. The van der Waals surface area contributed by atoms with E-state index in [0.717, 1.165) is 52.0 Å². The minimum atomic E-state index is 0.584. The Morgan fingerprint density at radius 3 is 2.90 bits per heavy atom. The molecule has 0 fully saturated rings. The summed E-state index contributed by atoms with van der Waals surface area (Å²) in [6.45, 7) is 5.42. The Hall–Kier alpha value is -2.99. The molecule has 3 heterocycles. The number of H-pyrrole nitrogens is 2. The fourth-order valence-corrected chi connectivity index (χ4v) is 4.14. The minimum absolute atomic E-state index is 0.584. The zero-order chi connectivity index (χ0) is 19.8. The van der Waals surface area contributed by atoms with Crippen molar-refractivity contribution in [2.24, 2.45) is 0 Å². The number of aryl methyl sites for hydroxylation is 2. The number of hydrogen-bond donors (Lipinski definition) is 2. The van der Waals surface area contributed by atoms with Crippen molar-refractivity contribution in [1.29, 1.82) is 0 Å². The molecule has 0 atom stereocenters. The summed E-state index contributed by atoms with van der Waals surface area (Å²) in [6, 6.07) is 6.38. The van der Waals surface area contributed by atoms with Crippen molar-refractivity contribution >= 4 is 10.9 Å². The van der Waals surface area contributed by atoms with E-state index < -0.39 is 0 Å². The third-order valence-electron chi connectivity index (χ3n) is 5.83. The van der Waals surface area contributed by atoms with Crippen LogP contribution in [0.3, 0.4) is 0 Å². The van der Waals surface area contributed by atoms with Gasteiger partial charge in [0.2, 0.25) is 0 Å². The molecule has 2 N–H and O–H groups in total. The number of fused-ring (bicyclic) bond motifs is 2. The lowest BCUT2D eigenvalue weighted by atomic mass is 9.98. The summed E-state index contributed by atoms with van der Waals surface area (Å²) in [5, 5.41) is 8.80.